The summed E-state index contributed by atoms with van der Waals surface area (Å²) in [5.74, 6) is 1.65. The van der Waals surface area contributed by atoms with Gasteiger partial charge < -0.3 is 9.15 Å². The van der Waals surface area contributed by atoms with Crippen molar-refractivity contribution in [1.29, 1.82) is 0 Å². The Morgan fingerprint density at radius 3 is 3.04 bits per heavy atom. The minimum atomic E-state index is 0.519. The highest BCUT2D eigenvalue weighted by molar-refractivity contribution is 5.66. The molecule has 5 rings (SSSR count). The summed E-state index contributed by atoms with van der Waals surface area (Å²) < 4.78 is 11.7. The zero-order chi connectivity index (χ0) is 15.2. The minimum Gasteiger partial charge on any atom is -0.438 e. The van der Waals surface area contributed by atoms with E-state index >= 15 is 0 Å². The molecule has 2 atom stereocenters. The van der Waals surface area contributed by atoms with Crippen LogP contribution in [0.15, 0.2) is 22.7 Å². The molecule has 23 heavy (non-hydrogen) atoms. The number of ether oxygens (including phenoxy) is 1. The van der Waals surface area contributed by atoms with Crippen molar-refractivity contribution in [3.8, 4) is 0 Å². The van der Waals surface area contributed by atoms with Crippen LogP contribution in [-0.4, -0.2) is 64.7 Å². The van der Waals surface area contributed by atoms with E-state index < -0.39 is 0 Å². The fourth-order valence-corrected chi connectivity index (χ4v) is 4.04. The van der Waals surface area contributed by atoms with Crippen molar-refractivity contribution in [1.82, 2.24) is 19.8 Å². The highest BCUT2D eigenvalue weighted by atomic mass is 16.5. The van der Waals surface area contributed by atoms with E-state index in [1.807, 2.05) is 12.1 Å². The maximum atomic E-state index is 5.88. The number of hydrogen-bond acceptors (Lipinski definition) is 6. The number of aromatic nitrogens is 2. The zero-order valence-corrected chi connectivity index (χ0v) is 13.2. The second-order valence-corrected chi connectivity index (χ2v) is 7.00. The Morgan fingerprint density at radius 1 is 1.22 bits per heavy atom. The van der Waals surface area contributed by atoms with Gasteiger partial charge in [-0.3, -0.25) is 9.80 Å². The lowest BCUT2D eigenvalue weighted by molar-refractivity contribution is -0.0887. The molecule has 2 aliphatic heterocycles. The van der Waals surface area contributed by atoms with Gasteiger partial charge in [0.15, 0.2) is 11.2 Å². The van der Waals surface area contributed by atoms with Crippen LogP contribution in [0.2, 0.25) is 0 Å². The third-order valence-electron chi connectivity index (χ3n) is 5.37. The summed E-state index contributed by atoms with van der Waals surface area (Å²) in [5.41, 5.74) is 1.48. The number of oxazole rings is 1. The SMILES string of the molecule is c1cnc2nc(CN3CCN4[C@@H](COC[C@@H]4C4CC4)C3)oc2c1. The Hall–Kier alpha value is -1.50. The Bertz CT molecular complexity index is 666. The Labute approximate surface area is 135 Å². The highest BCUT2D eigenvalue weighted by Gasteiger charge is 2.42. The summed E-state index contributed by atoms with van der Waals surface area (Å²) in [7, 11) is 0. The van der Waals surface area contributed by atoms with Crippen molar-refractivity contribution < 1.29 is 9.15 Å². The van der Waals surface area contributed by atoms with Gasteiger partial charge in [-0.1, -0.05) is 0 Å². The standard InChI is InChI=1S/C17H22N4O2/c1-2-15-17(18-5-1)19-16(23-15)9-20-6-7-21-13(8-20)10-22-11-14(21)12-3-4-12/h1-2,5,12-14H,3-4,6-11H2/t13-,14-/m1/s1. The molecule has 1 saturated carbocycles. The minimum absolute atomic E-state index is 0.519. The van der Waals surface area contributed by atoms with Crippen LogP contribution in [0.3, 0.4) is 0 Å². The van der Waals surface area contributed by atoms with Crippen LogP contribution in [-0.2, 0) is 11.3 Å². The quantitative estimate of drug-likeness (QED) is 0.856. The lowest BCUT2D eigenvalue weighted by Crippen LogP contribution is -2.62. The Balaban J connectivity index is 1.28. The molecule has 0 bridgehead atoms. The van der Waals surface area contributed by atoms with Gasteiger partial charge in [-0.05, 0) is 30.9 Å². The number of pyridine rings is 1. The van der Waals surface area contributed by atoms with Crippen LogP contribution in [0.1, 0.15) is 18.7 Å². The van der Waals surface area contributed by atoms with Gasteiger partial charge in [0.05, 0.1) is 19.8 Å². The fourth-order valence-electron chi connectivity index (χ4n) is 4.04. The van der Waals surface area contributed by atoms with Crippen molar-refractivity contribution in [2.24, 2.45) is 5.92 Å². The summed E-state index contributed by atoms with van der Waals surface area (Å²) >= 11 is 0. The molecular weight excluding hydrogens is 292 g/mol. The molecule has 1 aliphatic carbocycles. The molecular formula is C17H22N4O2. The largest absolute Gasteiger partial charge is 0.438 e. The summed E-state index contributed by atoms with van der Waals surface area (Å²) in [5, 5.41) is 0. The first-order chi connectivity index (χ1) is 11.4. The normalized spacial score (nSPS) is 29.7. The Kier molecular flexibility index (Phi) is 3.35. The molecule has 0 aromatic carbocycles. The third-order valence-corrected chi connectivity index (χ3v) is 5.37. The molecule has 6 nitrogen and oxygen atoms in total. The summed E-state index contributed by atoms with van der Waals surface area (Å²) in [6, 6.07) is 4.98. The van der Waals surface area contributed by atoms with E-state index in [9.17, 15) is 0 Å². The van der Waals surface area contributed by atoms with Gasteiger partial charge in [-0.25, -0.2) is 4.98 Å². The van der Waals surface area contributed by atoms with E-state index in [0.29, 0.717) is 17.7 Å². The van der Waals surface area contributed by atoms with Crippen molar-refractivity contribution in [3.63, 3.8) is 0 Å². The van der Waals surface area contributed by atoms with Gasteiger partial charge >= 0.3 is 0 Å². The first-order valence-corrected chi connectivity index (χ1v) is 8.63. The lowest BCUT2D eigenvalue weighted by atomic mass is 10.0. The molecule has 6 heteroatoms. The van der Waals surface area contributed by atoms with E-state index in [2.05, 4.69) is 19.8 Å². The molecule has 2 saturated heterocycles. The zero-order valence-electron chi connectivity index (χ0n) is 13.2. The molecule has 4 heterocycles. The average molecular weight is 314 g/mol. The number of piperazine rings is 1. The van der Waals surface area contributed by atoms with Crippen LogP contribution < -0.4 is 0 Å². The predicted molar refractivity (Wildman–Crippen MR) is 84.9 cm³/mol. The second kappa shape index (κ2) is 5.54. The van der Waals surface area contributed by atoms with Crippen LogP contribution in [0.4, 0.5) is 0 Å². The molecule has 122 valence electrons. The summed E-state index contributed by atoms with van der Waals surface area (Å²) in [6.07, 6.45) is 4.53. The van der Waals surface area contributed by atoms with Gasteiger partial charge in [-0.2, -0.15) is 4.98 Å². The van der Waals surface area contributed by atoms with Gasteiger partial charge in [0.2, 0.25) is 5.89 Å². The number of rotatable bonds is 3. The molecule has 3 fully saturated rings. The van der Waals surface area contributed by atoms with Crippen LogP contribution in [0, 0.1) is 5.92 Å². The Morgan fingerprint density at radius 2 is 2.17 bits per heavy atom. The number of nitrogens with zero attached hydrogens (tertiary/aromatic N) is 4. The molecule has 0 spiro atoms. The van der Waals surface area contributed by atoms with Crippen molar-refractivity contribution >= 4 is 11.2 Å². The topological polar surface area (TPSA) is 54.6 Å². The summed E-state index contributed by atoms with van der Waals surface area (Å²) in [6.45, 7) is 5.79. The van der Waals surface area contributed by atoms with Gasteiger partial charge in [-0.15, -0.1) is 0 Å². The van der Waals surface area contributed by atoms with E-state index in [1.165, 1.54) is 12.8 Å². The molecule has 0 amide bonds. The average Bonchev–Trinajstić information content (AvgIpc) is 3.34. The van der Waals surface area contributed by atoms with E-state index in [-0.39, 0.29) is 0 Å². The predicted octanol–water partition coefficient (Wildman–Crippen LogP) is 1.52. The van der Waals surface area contributed by atoms with Gasteiger partial charge in [0, 0.05) is 37.9 Å². The third kappa shape index (κ3) is 2.65. The lowest BCUT2D eigenvalue weighted by Gasteiger charge is -2.48. The molecule has 2 aromatic heterocycles. The fraction of sp³-hybridized carbons (Fsp3) is 0.647. The molecule has 0 unspecified atom stereocenters. The molecule has 0 radical (unpaired) electrons. The molecule has 0 N–H and O–H groups in total. The van der Waals surface area contributed by atoms with Crippen LogP contribution in [0.25, 0.3) is 11.2 Å². The smallest absolute Gasteiger partial charge is 0.211 e. The van der Waals surface area contributed by atoms with Crippen molar-refractivity contribution in [2.75, 3.05) is 32.8 Å². The number of hydrogen-bond donors (Lipinski definition) is 0. The van der Waals surface area contributed by atoms with Crippen molar-refractivity contribution in [3.05, 3.63) is 24.2 Å². The first kappa shape index (κ1) is 13.9. The van der Waals surface area contributed by atoms with Gasteiger partial charge in [0.25, 0.3) is 0 Å². The van der Waals surface area contributed by atoms with Gasteiger partial charge in [0.1, 0.15) is 0 Å². The monoisotopic (exact) mass is 314 g/mol. The molecule has 2 aromatic rings. The van der Waals surface area contributed by atoms with E-state index in [4.69, 9.17) is 9.15 Å². The first-order valence-electron chi connectivity index (χ1n) is 8.63. The highest BCUT2D eigenvalue weighted by Crippen LogP contribution is 2.38. The maximum absolute atomic E-state index is 5.88. The van der Waals surface area contributed by atoms with Crippen LogP contribution in [0.5, 0.6) is 0 Å². The number of fused-ring (bicyclic) bond motifs is 2. The van der Waals surface area contributed by atoms with Crippen molar-refractivity contribution in [2.45, 2.75) is 31.5 Å². The van der Waals surface area contributed by atoms with E-state index in [0.717, 1.165) is 56.8 Å². The maximum Gasteiger partial charge on any atom is 0.211 e. The molecule has 3 aliphatic rings. The van der Waals surface area contributed by atoms with E-state index in [1.54, 1.807) is 6.20 Å². The number of morpholine rings is 1. The van der Waals surface area contributed by atoms with Crippen LogP contribution >= 0.6 is 0 Å². The summed E-state index contributed by atoms with van der Waals surface area (Å²) in [4.78, 5) is 13.9. The second-order valence-electron chi connectivity index (χ2n) is 7.00.